The van der Waals surface area contributed by atoms with E-state index in [0.29, 0.717) is 39.4 Å². The molecule has 2 fully saturated rings. The Morgan fingerprint density at radius 2 is 1.87 bits per heavy atom. The third-order valence-electron chi connectivity index (χ3n) is 5.34. The molecule has 30 heavy (non-hydrogen) atoms. The highest BCUT2D eigenvalue weighted by molar-refractivity contribution is 14.0. The van der Waals surface area contributed by atoms with E-state index in [-0.39, 0.29) is 42.1 Å². The van der Waals surface area contributed by atoms with Crippen LogP contribution in [0, 0.1) is 5.82 Å². The molecule has 2 saturated heterocycles. The van der Waals surface area contributed by atoms with Crippen LogP contribution >= 0.6 is 24.0 Å². The molecule has 10 heteroatoms. The lowest BCUT2D eigenvalue weighted by atomic mass is 10.1. The second kappa shape index (κ2) is 12.4. The quantitative estimate of drug-likeness (QED) is 0.325. The monoisotopic (exact) mass is 535 g/mol. The number of carbonyl (C=O) groups excluding carboxylic acids is 1. The van der Waals surface area contributed by atoms with E-state index in [9.17, 15) is 14.3 Å². The van der Waals surface area contributed by atoms with Crippen molar-refractivity contribution in [2.45, 2.75) is 13.2 Å². The molecular formula is C20H31FIN5O3. The van der Waals surface area contributed by atoms with Gasteiger partial charge in [0.1, 0.15) is 5.82 Å². The summed E-state index contributed by atoms with van der Waals surface area (Å²) in [6.07, 6.45) is 0. The van der Waals surface area contributed by atoms with Crippen LogP contribution in [0.4, 0.5) is 4.39 Å². The lowest BCUT2D eigenvalue weighted by molar-refractivity contribution is -0.136. The molecule has 2 aliphatic heterocycles. The Labute approximate surface area is 194 Å². The van der Waals surface area contributed by atoms with Gasteiger partial charge in [0.15, 0.2) is 5.96 Å². The van der Waals surface area contributed by atoms with Crippen molar-refractivity contribution in [2.24, 2.45) is 4.99 Å². The highest BCUT2D eigenvalue weighted by Gasteiger charge is 2.24. The molecule has 0 aliphatic carbocycles. The second-order valence-corrected chi connectivity index (χ2v) is 7.24. The standard InChI is InChI=1S/C20H30FN5O3.HI/c1-22-20(23-13-16-2-3-18(21)17(12-16)15-27)26-6-4-24(5-7-26)14-19(28)25-8-10-29-11-9-25;/h2-3,12,27H,4-11,13-15H2,1H3,(H,22,23);1H. The van der Waals surface area contributed by atoms with E-state index in [2.05, 4.69) is 20.1 Å². The molecule has 0 spiro atoms. The first-order chi connectivity index (χ1) is 14.1. The van der Waals surface area contributed by atoms with Gasteiger partial charge in [0.2, 0.25) is 5.91 Å². The van der Waals surface area contributed by atoms with Gasteiger partial charge in [0.25, 0.3) is 0 Å². The van der Waals surface area contributed by atoms with E-state index in [1.807, 2.05) is 4.90 Å². The van der Waals surface area contributed by atoms with Gasteiger partial charge in [0.05, 0.1) is 26.4 Å². The summed E-state index contributed by atoms with van der Waals surface area (Å²) >= 11 is 0. The van der Waals surface area contributed by atoms with Crippen LogP contribution in [0.3, 0.4) is 0 Å². The minimum Gasteiger partial charge on any atom is -0.392 e. The van der Waals surface area contributed by atoms with E-state index in [1.54, 1.807) is 19.2 Å². The fraction of sp³-hybridized carbons (Fsp3) is 0.600. The summed E-state index contributed by atoms with van der Waals surface area (Å²) in [4.78, 5) is 23.0. The third-order valence-corrected chi connectivity index (χ3v) is 5.34. The molecule has 0 atom stereocenters. The zero-order valence-electron chi connectivity index (χ0n) is 17.3. The molecular weight excluding hydrogens is 504 g/mol. The molecule has 8 nitrogen and oxygen atoms in total. The van der Waals surface area contributed by atoms with Crippen LogP contribution in [0.15, 0.2) is 23.2 Å². The fourth-order valence-corrected chi connectivity index (χ4v) is 3.59. The maximum Gasteiger partial charge on any atom is 0.236 e. The number of nitrogens with zero attached hydrogens (tertiary/aromatic N) is 4. The van der Waals surface area contributed by atoms with E-state index >= 15 is 0 Å². The Hall–Kier alpha value is -1.50. The van der Waals surface area contributed by atoms with Crippen molar-refractivity contribution >= 4 is 35.8 Å². The van der Waals surface area contributed by atoms with Gasteiger partial charge in [-0.25, -0.2) is 4.39 Å². The van der Waals surface area contributed by atoms with Crippen molar-refractivity contribution in [1.29, 1.82) is 0 Å². The molecule has 2 heterocycles. The predicted molar refractivity (Wildman–Crippen MR) is 123 cm³/mol. The number of benzene rings is 1. The molecule has 0 saturated carbocycles. The number of piperazine rings is 1. The first-order valence-corrected chi connectivity index (χ1v) is 10.0. The molecule has 2 aliphatic rings. The summed E-state index contributed by atoms with van der Waals surface area (Å²) in [7, 11) is 1.74. The van der Waals surface area contributed by atoms with E-state index < -0.39 is 5.82 Å². The maximum atomic E-state index is 13.5. The van der Waals surface area contributed by atoms with Gasteiger partial charge in [-0.1, -0.05) is 6.07 Å². The number of nitrogens with one attached hydrogen (secondary N) is 1. The summed E-state index contributed by atoms with van der Waals surface area (Å²) in [6, 6.07) is 4.73. The summed E-state index contributed by atoms with van der Waals surface area (Å²) < 4.78 is 18.8. The Bertz CT molecular complexity index is 722. The van der Waals surface area contributed by atoms with Crippen LogP contribution in [-0.2, 0) is 22.7 Å². The number of halogens is 2. The van der Waals surface area contributed by atoms with Crippen LogP contribution in [0.1, 0.15) is 11.1 Å². The number of guanidine groups is 1. The summed E-state index contributed by atoms with van der Waals surface area (Å²) in [5, 5.41) is 12.5. The Morgan fingerprint density at radius 1 is 1.17 bits per heavy atom. The first-order valence-electron chi connectivity index (χ1n) is 10.0. The topological polar surface area (TPSA) is 80.6 Å². The van der Waals surface area contributed by atoms with Gasteiger partial charge in [-0.05, 0) is 17.7 Å². The van der Waals surface area contributed by atoms with Crippen LogP contribution in [0.2, 0.25) is 0 Å². The highest BCUT2D eigenvalue weighted by atomic mass is 127. The van der Waals surface area contributed by atoms with Crippen LogP contribution in [-0.4, -0.2) is 97.7 Å². The zero-order valence-corrected chi connectivity index (χ0v) is 19.7. The number of morpholine rings is 1. The lowest BCUT2D eigenvalue weighted by Crippen LogP contribution is -2.54. The van der Waals surface area contributed by atoms with Gasteiger partial charge in [-0.15, -0.1) is 24.0 Å². The van der Waals surface area contributed by atoms with Gasteiger partial charge in [-0.2, -0.15) is 0 Å². The average molecular weight is 535 g/mol. The number of aliphatic hydroxyl groups excluding tert-OH is 1. The molecule has 1 aromatic rings. The molecule has 1 amide bonds. The largest absolute Gasteiger partial charge is 0.392 e. The molecule has 0 unspecified atom stereocenters. The Balaban J connectivity index is 0.00000320. The average Bonchev–Trinajstić information content (AvgIpc) is 2.76. The van der Waals surface area contributed by atoms with Crippen molar-refractivity contribution in [3.63, 3.8) is 0 Å². The summed E-state index contributed by atoms with van der Waals surface area (Å²) in [6.45, 7) is 6.36. The Morgan fingerprint density at radius 3 is 2.50 bits per heavy atom. The molecule has 2 N–H and O–H groups in total. The number of carbonyl (C=O) groups is 1. The van der Waals surface area contributed by atoms with E-state index in [1.165, 1.54) is 6.07 Å². The smallest absolute Gasteiger partial charge is 0.236 e. The minimum absolute atomic E-state index is 0. The number of hydrogen-bond donors (Lipinski definition) is 2. The van der Waals surface area contributed by atoms with Crippen molar-refractivity contribution in [3.8, 4) is 0 Å². The van der Waals surface area contributed by atoms with Crippen molar-refractivity contribution in [1.82, 2.24) is 20.0 Å². The molecule has 0 bridgehead atoms. The van der Waals surface area contributed by atoms with Gasteiger partial charge in [-0.3, -0.25) is 14.7 Å². The highest BCUT2D eigenvalue weighted by Crippen LogP contribution is 2.11. The third kappa shape index (κ3) is 6.76. The van der Waals surface area contributed by atoms with Crippen LogP contribution < -0.4 is 5.32 Å². The van der Waals surface area contributed by atoms with Gasteiger partial charge in [0, 0.05) is 58.4 Å². The van der Waals surface area contributed by atoms with Crippen molar-refractivity contribution in [2.75, 3.05) is 66.1 Å². The van der Waals surface area contributed by atoms with Crippen LogP contribution in [0.5, 0.6) is 0 Å². The first kappa shape index (κ1) is 24.8. The SMILES string of the molecule is CN=C(NCc1ccc(F)c(CO)c1)N1CCN(CC(=O)N2CCOCC2)CC1.I. The molecule has 0 radical (unpaired) electrons. The number of rotatable bonds is 5. The molecule has 3 rings (SSSR count). The number of hydrogen-bond acceptors (Lipinski definition) is 5. The zero-order chi connectivity index (χ0) is 20.6. The molecule has 168 valence electrons. The van der Waals surface area contributed by atoms with E-state index in [0.717, 1.165) is 37.7 Å². The summed E-state index contributed by atoms with van der Waals surface area (Å²) in [5.74, 6) is 0.544. The predicted octanol–water partition coefficient (Wildman–Crippen LogP) is 0.488. The second-order valence-electron chi connectivity index (χ2n) is 7.24. The molecule has 1 aromatic carbocycles. The minimum atomic E-state index is -0.400. The maximum absolute atomic E-state index is 13.5. The number of aliphatic imine (C=N–C) groups is 1. The van der Waals surface area contributed by atoms with Gasteiger partial charge >= 0.3 is 0 Å². The number of ether oxygens (including phenoxy) is 1. The molecule has 0 aromatic heterocycles. The van der Waals surface area contributed by atoms with Gasteiger partial charge < -0.3 is 25.0 Å². The Kier molecular flexibility index (Phi) is 10.2. The summed E-state index contributed by atoms with van der Waals surface area (Å²) in [5.41, 5.74) is 1.17. The number of amides is 1. The number of aliphatic hydroxyl groups is 1. The lowest BCUT2D eigenvalue weighted by Gasteiger charge is -2.37. The fourth-order valence-electron chi connectivity index (χ4n) is 3.59. The van der Waals surface area contributed by atoms with Crippen LogP contribution in [0.25, 0.3) is 0 Å². The van der Waals surface area contributed by atoms with E-state index in [4.69, 9.17) is 4.74 Å². The van der Waals surface area contributed by atoms with Crippen molar-refractivity contribution in [3.05, 3.63) is 35.1 Å². The van der Waals surface area contributed by atoms with Crippen molar-refractivity contribution < 1.29 is 19.0 Å². The normalized spacial score (nSPS) is 18.2.